The van der Waals surface area contributed by atoms with Gasteiger partial charge in [0.15, 0.2) is 0 Å². The van der Waals surface area contributed by atoms with Crippen molar-refractivity contribution >= 4 is 28.3 Å². The average Bonchev–Trinajstić information content (AvgIpc) is 3.11. The van der Waals surface area contributed by atoms with Crippen molar-refractivity contribution in [1.82, 2.24) is 4.98 Å². The first-order chi connectivity index (χ1) is 12.7. The molecule has 0 fully saturated rings. The summed E-state index contributed by atoms with van der Waals surface area (Å²) in [5.74, 6) is 0.217. The predicted octanol–water partition coefficient (Wildman–Crippen LogP) is 6.79. The molecule has 26 heavy (non-hydrogen) atoms. The van der Waals surface area contributed by atoms with Crippen LogP contribution in [0.3, 0.4) is 0 Å². The maximum atomic E-state index is 4.65. The van der Waals surface area contributed by atoms with Crippen LogP contribution >= 0.6 is 11.3 Å². The fourth-order valence-corrected chi connectivity index (χ4v) is 3.91. The molecule has 2 aromatic carbocycles. The molecule has 0 bridgehead atoms. The lowest BCUT2D eigenvalue weighted by Gasteiger charge is -2.13. The average molecular weight is 361 g/mol. The normalized spacial score (nSPS) is 13.4. The molecule has 2 nitrogen and oxygen atoms in total. The highest BCUT2D eigenvalue weighted by molar-refractivity contribution is 7.18. The van der Waals surface area contributed by atoms with Crippen LogP contribution in [-0.2, 0) is 6.42 Å². The van der Waals surface area contributed by atoms with Crippen molar-refractivity contribution in [3.8, 4) is 11.1 Å². The van der Waals surface area contributed by atoms with Gasteiger partial charge in [0.1, 0.15) is 0 Å². The Bertz CT molecular complexity index is 962. The maximum absolute atomic E-state index is 4.65. The van der Waals surface area contributed by atoms with E-state index in [1.165, 1.54) is 26.4 Å². The number of rotatable bonds is 6. The predicted molar refractivity (Wildman–Crippen MR) is 115 cm³/mol. The summed E-state index contributed by atoms with van der Waals surface area (Å²) in [6.45, 7) is 10.0. The fraction of sp³-hybridized carbons (Fsp3) is 0.217. The number of benzene rings is 2. The summed E-state index contributed by atoms with van der Waals surface area (Å²) in [4.78, 5) is 8.83. The van der Waals surface area contributed by atoms with E-state index in [-0.39, 0.29) is 5.92 Å². The van der Waals surface area contributed by atoms with Crippen LogP contribution in [0.4, 0.5) is 0 Å². The van der Waals surface area contributed by atoms with E-state index in [9.17, 15) is 0 Å². The number of fused-ring (bicyclic) bond motifs is 1. The van der Waals surface area contributed by atoms with Crippen LogP contribution < -0.4 is 0 Å². The van der Waals surface area contributed by atoms with E-state index < -0.39 is 0 Å². The second kappa shape index (κ2) is 8.24. The lowest BCUT2D eigenvalue weighted by atomic mass is 9.95. The molecule has 0 spiro atoms. The van der Waals surface area contributed by atoms with E-state index in [0.717, 1.165) is 17.6 Å². The Morgan fingerprint density at radius 1 is 1.19 bits per heavy atom. The smallest absolute Gasteiger partial charge is 0.0935 e. The summed E-state index contributed by atoms with van der Waals surface area (Å²) in [7, 11) is 0. The van der Waals surface area contributed by atoms with Crippen molar-refractivity contribution in [1.29, 1.82) is 0 Å². The molecule has 1 heterocycles. The van der Waals surface area contributed by atoms with Crippen molar-refractivity contribution in [3.05, 3.63) is 77.0 Å². The zero-order valence-electron chi connectivity index (χ0n) is 15.6. The largest absolute Gasteiger partial charge is 0.268 e. The Hall–Kier alpha value is -2.52. The molecular formula is C23H24N2S. The quantitative estimate of drug-likeness (QED) is 0.351. The minimum atomic E-state index is 0.217. The zero-order chi connectivity index (χ0) is 18.5. The van der Waals surface area contributed by atoms with Crippen LogP contribution in [0.15, 0.2) is 71.4 Å². The second-order valence-electron chi connectivity index (χ2n) is 6.26. The van der Waals surface area contributed by atoms with Crippen LogP contribution in [0.25, 0.3) is 21.3 Å². The highest BCUT2D eigenvalue weighted by atomic mass is 32.1. The molecule has 3 rings (SSSR count). The molecule has 3 heteroatoms. The number of hydrogen-bond acceptors (Lipinski definition) is 3. The Labute approximate surface area is 159 Å². The number of aromatic nitrogens is 1. The number of nitrogens with zero attached hydrogens (tertiary/aromatic N) is 2. The number of aliphatic imine (C=N–C) groups is 1. The summed E-state index contributed by atoms with van der Waals surface area (Å²) in [6.07, 6.45) is 7.01. The molecule has 1 unspecified atom stereocenters. The van der Waals surface area contributed by atoms with Gasteiger partial charge in [-0.25, -0.2) is 4.98 Å². The molecule has 0 aliphatic carbocycles. The third-order valence-corrected chi connectivity index (χ3v) is 5.73. The van der Waals surface area contributed by atoms with Gasteiger partial charge >= 0.3 is 0 Å². The van der Waals surface area contributed by atoms with Crippen molar-refractivity contribution in [3.63, 3.8) is 0 Å². The highest BCUT2D eigenvalue weighted by Gasteiger charge is 2.10. The third-order valence-electron chi connectivity index (χ3n) is 4.56. The van der Waals surface area contributed by atoms with Crippen LogP contribution in [0.1, 0.15) is 37.3 Å². The topological polar surface area (TPSA) is 25.2 Å². The van der Waals surface area contributed by atoms with E-state index >= 15 is 0 Å². The third kappa shape index (κ3) is 3.83. The molecular weight excluding hydrogens is 336 g/mol. The maximum Gasteiger partial charge on any atom is 0.0935 e. The van der Waals surface area contributed by atoms with Gasteiger partial charge in [-0.1, -0.05) is 56.3 Å². The molecule has 132 valence electrons. The zero-order valence-corrected chi connectivity index (χ0v) is 16.4. The molecule has 0 aliphatic heterocycles. The number of aryl methyl sites for hydroxylation is 1. The molecule has 0 aliphatic rings. The van der Waals surface area contributed by atoms with E-state index in [0.29, 0.717) is 0 Å². The Kier molecular flexibility index (Phi) is 5.79. The molecule has 1 atom stereocenters. The minimum Gasteiger partial charge on any atom is -0.268 e. The van der Waals surface area contributed by atoms with Gasteiger partial charge in [0.25, 0.3) is 0 Å². The van der Waals surface area contributed by atoms with Gasteiger partial charge in [0, 0.05) is 11.6 Å². The monoisotopic (exact) mass is 360 g/mol. The molecule has 0 saturated heterocycles. The van der Waals surface area contributed by atoms with E-state index in [1.807, 2.05) is 25.2 Å². The van der Waals surface area contributed by atoms with Crippen LogP contribution in [0.5, 0.6) is 0 Å². The molecule has 0 saturated carbocycles. The molecule has 1 aromatic heterocycles. The fourth-order valence-electron chi connectivity index (χ4n) is 2.97. The van der Waals surface area contributed by atoms with E-state index in [2.05, 4.69) is 73.0 Å². The first-order valence-corrected chi connectivity index (χ1v) is 9.77. The van der Waals surface area contributed by atoms with Crippen LogP contribution in [0.2, 0.25) is 0 Å². The standard InChI is InChI=1S/C23H24N2S/c1-5-7-8-20(24-4)16(3)17-9-11-18(12-10-17)19-13-14-21-22(15-19)26-23(6-2)25-21/h5,7-16H,4,6H2,1-3H3/b7-5-,20-8-. The summed E-state index contributed by atoms with van der Waals surface area (Å²) < 4.78 is 1.25. The van der Waals surface area contributed by atoms with Gasteiger partial charge in [0.05, 0.1) is 15.2 Å². The number of hydrogen-bond donors (Lipinski definition) is 0. The summed E-state index contributed by atoms with van der Waals surface area (Å²) in [5.41, 5.74) is 5.77. The van der Waals surface area contributed by atoms with Gasteiger partial charge in [-0.05, 0) is 55.0 Å². The van der Waals surface area contributed by atoms with Gasteiger partial charge in [-0.15, -0.1) is 11.3 Å². The number of allylic oxidation sites excluding steroid dienone is 4. The van der Waals surface area contributed by atoms with Crippen molar-refractivity contribution < 1.29 is 0 Å². The van der Waals surface area contributed by atoms with Crippen LogP contribution in [0, 0.1) is 0 Å². The van der Waals surface area contributed by atoms with Crippen LogP contribution in [-0.4, -0.2) is 11.7 Å². The van der Waals surface area contributed by atoms with Gasteiger partial charge in [0.2, 0.25) is 0 Å². The van der Waals surface area contributed by atoms with Crippen molar-refractivity contribution in [2.24, 2.45) is 4.99 Å². The summed E-state index contributed by atoms with van der Waals surface area (Å²) in [5, 5.41) is 1.19. The van der Waals surface area contributed by atoms with Gasteiger partial charge < -0.3 is 0 Å². The Morgan fingerprint density at radius 3 is 2.58 bits per heavy atom. The Morgan fingerprint density at radius 2 is 1.92 bits per heavy atom. The molecule has 0 amide bonds. The van der Waals surface area contributed by atoms with Crippen molar-refractivity contribution in [2.75, 3.05) is 0 Å². The first kappa shape index (κ1) is 18.3. The molecule has 0 radical (unpaired) electrons. The molecule has 3 aromatic rings. The van der Waals surface area contributed by atoms with E-state index in [1.54, 1.807) is 11.3 Å². The Balaban J connectivity index is 1.88. The first-order valence-electron chi connectivity index (χ1n) is 8.95. The highest BCUT2D eigenvalue weighted by Crippen LogP contribution is 2.31. The molecule has 0 N–H and O–H groups in total. The number of thiazole rings is 1. The second-order valence-corrected chi connectivity index (χ2v) is 7.38. The summed E-state index contributed by atoms with van der Waals surface area (Å²) >= 11 is 1.78. The lowest BCUT2D eigenvalue weighted by Crippen LogP contribution is -1.96. The van der Waals surface area contributed by atoms with Crippen molar-refractivity contribution in [2.45, 2.75) is 33.1 Å². The summed E-state index contributed by atoms with van der Waals surface area (Å²) in [6, 6.07) is 15.3. The lowest BCUT2D eigenvalue weighted by molar-refractivity contribution is 0.881. The van der Waals surface area contributed by atoms with Gasteiger partial charge in [-0.3, -0.25) is 4.99 Å². The van der Waals surface area contributed by atoms with E-state index in [4.69, 9.17) is 0 Å². The minimum absolute atomic E-state index is 0.217. The van der Waals surface area contributed by atoms with Gasteiger partial charge in [-0.2, -0.15) is 0 Å². The SMILES string of the molecule is C=N/C(=C\C=C/C)C(C)c1ccc(-c2ccc3nc(CC)sc3c2)cc1.